The van der Waals surface area contributed by atoms with Gasteiger partial charge < -0.3 is 5.73 Å². The summed E-state index contributed by atoms with van der Waals surface area (Å²) in [6.07, 6.45) is 1.57. The van der Waals surface area contributed by atoms with Crippen LogP contribution < -0.4 is 5.73 Å². The highest BCUT2D eigenvalue weighted by Gasteiger charge is 2.02. The van der Waals surface area contributed by atoms with Gasteiger partial charge in [-0.2, -0.15) is 0 Å². The van der Waals surface area contributed by atoms with Gasteiger partial charge in [0.25, 0.3) is 0 Å². The molecule has 0 saturated heterocycles. The molecule has 0 aliphatic rings. The number of hydrogen-bond donors (Lipinski definition) is 1. The van der Waals surface area contributed by atoms with Gasteiger partial charge in [0.05, 0.1) is 5.52 Å². The number of aryl methyl sites for hydroxylation is 1. The number of nitrogens with two attached hydrogens (primary N) is 1. The molecule has 3 nitrogen and oxygen atoms in total. The standard InChI is InChI=1S/C9H8IN3/c1-5-6-2-8(11)7(10)3-9(6)13-4-12-5/h2-4H,11H2,1H3. The van der Waals surface area contributed by atoms with Crippen molar-refractivity contribution in [3.63, 3.8) is 0 Å². The van der Waals surface area contributed by atoms with E-state index in [0.717, 1.165) is 25.9 Å². The Hall–Kier alpha value is -0.910. The highest BCUT2D eigenvalue weighted by Crippen LogP contribution is 2.22. The lowest BCUT2D eigenvalue weighted by Gasteiger charge is -2.03. The van der Waals surface area contributed by atoms with E-state index in [-0.39, 0.29) is 0 Å². The van der Waals surface area contributed by atoms with Crippen LogP contribution in [0.3, 0.4) is 0 Å². The largest absolute Gasteiger partial charge is 0.398 e. The molecule has 0 atom stereocenters. The minimum Gasteiger partial charge on any atom is -0.398 e. The Morgan fingerprint density at radius 1 is 1.31 bits per heavy atom. The minimum absolute atomic E-state index is 0.783. The molecule has 0 spiro atoms. The van der Waals surface area contributed by atoms with Crippen LogP contribution >= 0.6 is 22.6 Å². The lowest BCUT2D eigenvalue weighted by Crippen LogP contribution is -1.93. The number of fused-ring (bicyclic) bond motifs is 1. The molecule has 2 N–H and O–H groups in total. The Labute approximate surface area is 89.5 Å². The fraction of sp³-hybridized carbons (Fsp3) is 0.111. The Kier molecular flexibility index (Phi) is 2.07. The highest BCUT2D eigenvalue weighted by atomic mass is 127. The fourth-order valence-electron chi connectivity index (χ4n) is 1.22. The summed E-state index contributed by atoms with van der Waals surface area (Å²) in [7, 11) is 0. The van der Waals surface area contributed by atoms with E-state index in [0.29, 0.717) is 0 Å². The topological polar surface area (TPSA) is 51.8 Å². The number of hydrogen-bond acceptors (Lipinski definition) is 3. The molecule has 0 unspecified atom stereocenters. The Balaban J connectivity index is 2.89. The van der Waals surface area contributed by atoms with E-state index in [1.807, 2.05) is 19.1 Å². The second kappa shape index (κ2) is 3.10. The number of benzene rings is 1. The third-order valence-corrected chi connectivity index (χ3v) is 2.89. The van der Waals surface area contributed by atoms with Gasteiger partial charge in [-0.15, -0.1) is 0 Å². The molecular formula is C9H8IN3. The maximum absolute atomic E-state index is 5.79. The summed E-state index contributed by atoms with van der Waals surface area (Å²) in [5.74, 6) is 0. The highest BCUT2D eigenvalue weighted by molar-refractivity contribution is 14.1. The van der Waals surface area contributed by atoms with Gasteiger partial charge in [-0.05, 0) is 41.6 Å². The predicted molar refractivity (Wildman–Crippen MR) is 61.4 cm³/mol. The van der Waals surface area contributed by atoms with Crippen LogP contribution in [0.5, 0.6) is 0 Å². The van der Waals surface area contributed by atoms with E-state index >= 15 is 0 Å². The molecular weight excluding hydrogens is 277 g/mol. The van der Waals surface area contributed by atoms with E-state index in [1.54, 1.807) is 6.33 Å². The van der Waals surface area contributed by atoms with E-state index < -0.39 is 0 Å². The second-order valence-electron chi connectivity index (χ2n) is 2.85. The van der Waals surface area contributed by atoms with Crippen molar-refractivity contribution in [1.82, 2.24) is 9.97 Å². The van der Waals surface area contributed by atoms with Crippen LogP contribution in [0, 0.1) is 10.5 Å². The van der Waals surface area contributed by atoms with Gasteiger partial charge in [0, 0.05) is 20.3 Å². The molecule has 66 valence electrons. The summed E-state index contributed by atoms with van der Waals surface area (Å²) in [4.78, 5) is 8.28. The second-order valence-corrected chi connectivity index (χ2v) is 4.01. The smallest absolute Gasteiger partial charge is 0.116 e. The number of nitrogens with zero attached hydrogens (tertiary/aromatic N) is 2. The lowest BCUT2D eigenvalue weighted by molar-refractivity contribution is 1.15. The van der Waals surface area contributed by atoms with Crippen molar-refractivity contribution in [1.29, 1.82) is 0 Å². The van der Waals surface area contributed by atoms with Crippen molar-refractivity contribution in [2.75, 3.05) is 5.73 Å². The van der Waals surface area contributed by atoms with Crippen molar-refractivity contribution in [2.45, 2.75) is 6.92 Å². The molecule has 1 heterocycles. The molecule has 13 heavy (non-hydrogen) atoms. The van der Waals surface area contributed by atoms with Crippen LogP contribution in [0.25, 0.3) is 10.9 Å². The number of rotatable bonds is 0. The van der Waals surface area contributed by atoms with Gasteiger partial charge >= 0.3 is 0 Å². The normalized spacial score (nSPS) is 10.6. The van der Waals surface area contributed by atoms with Gasteiger partial charge in [-0.1, -0.05) is 0 Å². The van der Waals surface area contributed by atoms with E-state index in [9.17, 15) is 0 Å². The van der Waals surface area contributed by atoms with Crippen molar-refractivity contribution >= 4 is 39.2 Å². The average Bonchev–Trinajstić information content (AvgIpc) is 2.09. The molecule has 0 fully saturated rings. The molecule has 1 aromatic carbocycles. The minimum atomic E-state index is 0.783. The molecule has 0 bridgehead atoms. The van der Waals surface area contributed by atoms with Gasteiger partial charge in [0.2, 0.25) is 0 Å². The zero-order valence-electron chi connectivity index (χ0n) is 7.08. The SMILES string of the molecule is Cc1ncnc2cc(I)c(N)cc12. The van der Waals surface area contributed by atoms with Gasteiger partial charge in [0.1, 0.15) is 6.33 Å². The number of nitrogen functional groups attached to an aromatic ring is 1. The molecule has 0 aliphatic carbocycles. The summed E-state index contributed by atoms with van der Waals surface area (Å²) in [5, 5.41) is 1.03. The summed E-state index contributed by atoms with van der Waals surface area (Å²) < 4.78 is 1.03. The molecule has 4 heteroatoms. The number of anilines is 1. The lowest BCUT2D eigenvalue weighted by atomic mass is 10.2. The summed E-state index contributed by atoms with van der Waals surface area (Å²) >= 11 is 2.20. The first-order chi connectivity index (χ1) is 6.18. The average molecular weight is 285 g/mol. The predicted octanol–water partition coefficient (Wildman–Crippen LogP) is 2.13. The monoisotopic (exact) mass is 285 g/mol. The van der Waals surface area contributed by atoms with Crippen molar-refractivity contribution < 1.29 is 0 Å². The van der Waals surface area contributed by atoms with Gasteiger partial charge in [-0.3, -0.25) is 0 Å². The number of halogens is 1. The molecule has 0 radical (unpaired) electrons. The quantitative estimate of drug-likeness (QED) is 0.596. The summed E-state index contributed by atoms with van der Waals surface area (Å²) in [6, 6.07) is 3.90. The van der Waals surface area contributed by atoms with E-state index in [1.165, 1.54) is 0 Å². The molecule has 1 aromatic heterocycles. The van der Waals surface area contributed by atoms with Gasteiger partial charge in [0.15, 0.2) is 0 Å². The molecule has 2 aromatic rings. The third-order valence-electron chi connectivity index (χ3n) is 1.95. The maximum atomic E-state index is 5.79. The van der Waals surface area contributed by atoms with Crippen LogP contribution in [0.4, 0.5) is 5.69 Å². The Morgan fingerprint density at radius 3 is 2.85 bits per heavy atom. The summed E-state index contributed by atoms with van der Waals surface area (Å²) in [6.45, 7) is 1.95. The fourth-order valence-corrected chi connectivity index (χ4v) is 1.67. The first-order valence-electron chi connectivity index (χ1n) is 3.85. The summed E-state index contributed by atoms with van der Waals surface area (Å²) in [5.41, 5.74) is 8.49. The van der Waals surface area contributed by atoms with E-state index in [2.05, 4.69) is 32.6 Å². The van der Waals surface area contributed by atoms with Crippen molar-refractivity contribution in [2.24, 2.45) is 0 Å². The Morgan fingerprint density at radius 2 is 2.08 bits per heavy atom. The van der Waals surface area contributed by atoms with Crippen LogP contribution in [0.2, 0.25) is 0 Å². The van der Waals surface area contributed by atoms with Crippen LogP contribution in [0.1, 0.15) is 5.69 Å². The molecule has 0 saturated carbocycles. The van der Waals surface area contributed by atoms with Crippen molar-refractivity contribution in [3.8, 4) is 0 Å². The number of aromatic nitrogens is 2. The van der Waals surface area contributed by atoms with E-state index in [4.69, 9.17) is 5.73 Å². The molecule has 2 rings (SSSR count). The molecule has 0 aliphatic heterocycles. The van der Waals surface area contributed by atoms with Crippen LogP contribution in [-0.4, -0.2) is 9.97 Å². The van der Waals surface area contributed by atoms with Gasteiger partial charge in [-0.25, -0.2) is 9.97 Å². The van der Waals surface area contributed by atoms with Crippen LogP contribution in [0.15, 0.2) is 18.5 Å². The zero-order chi connectivity index (χ0) is 9.42. The third kappa shape index (κ3) is 1.46. The zero-order valence-corrected chi connectivity index (χ0v) is 9.24. The maximum Gasteiger partial charge on any atom is 0.116 e. The first-order valence-corrected chi connectivity index (χ1v) is 4.92. The Bertz CT molecular complexity index is 468. The van der Waals surface area contributed by atoms with Crippen molar-refractivity contribution in [3.05, 3.63) is 27.7 Å². The first kappa shape index (κ1) is 8.68. The van der Waals surface area contributed by atoms with Crippen LogP contribution in [-0.2, 0) is 0 Å². The molecule has 0 amide bonds.